The second-order valence-corrected chi connectivity index (χ2v) is 2.58. The third kappa shape index (κ3) is 2.99. The molecule has 1 aliphatic carbocycles. The summed E-state index contributed by atoms with van der Waals surface area (Å²) < 4.78 is 0. The van der Waals surface area contributed by atoms with Crippen molar-refractivity contribution < 1.29 is 5.21 Å². The average Bonchev–Trinajstić information content (AvgIpc) is 2.29. The summed E-state index contributed by atoms with van der Waals surface area (Å²) in [6.45, 7) is 0. The van der Waals surface area contributed by atoms with Crippen molar-refractivity contribution in [1.82, 2.24) is 0 Å². The molecule has 3 N–H and O–H groups in total. The standard InChI is InChI=1S/C10H12N2O/c11-10(12-13)9-7-5-3-1-2-4-6-8-9/h1-7,13H,8H2,(H2,11,12)/b2-1-,5-3-,6-4-,9-7+. The fourth-order valence-electron chi connectivity index (χ4n) is 0.960. The lowest BCUT2D eigenvalue weighted by molar-refractivity contribution is 0.318. The molecule has 3 heteroatoms. The van der Waals surface area contributed by atoms with Crippen molar-refractivity contribution in [2.75, 3.05) is 0 Å². The number of amidine groups is 1. The van der Waals surface area contributed by atoms with Gasteiger partial charge in [0.1, 0.15) is 0 Å². The molecule has 0 atom stereocenters. The second-order valence-electron chi connectivity index (χ2n) is 2.58. The first-order chi connectivity index (χ1) is 6.34. The molecule has 0 fully saturated rings. The van der Waals surface area contributed by atoms with Gasteiger partial charge in [0.05, 0.1) is 0 Å². The third-order valence-corrected chi connectivity index (χ3v) is 1.65. The van der Waals surface area contributed by atoms with Crippen LogP contribution in [0, 0.1) is 0 Å². The lowest BCUT2D eigenvalue weighted by atomic mass is 10.1. The number of hydrogen-bond acceptors (Lipinski definition) is 2. The van der Waals surface area contributed by atoms with E-state index in [1.807, 2.05) is 42.5 Å². The Labute approximate surface area is 77.2 Å². The normalized spacial score (nSPS) is 28.9. The highest BCUT2D eigenvalue weighted by molar-refractivity contribution is 5.97. The van der Waals surface area contributed by atoms with Crippen molar-refractivity contribution in [3.8, 4) is 0 Å². The molecule has 0 radical (unpaired) electrons. The van der Waals surface area contributed by atoms with Crippen molar-refractivity contribution in [2.24, 2.45) is 10.9 Å². The summed E-state index contributed by atoms with van der Waals surface area (Å²) in [6.07, 6.45) is 14.0. The maximum absolute atomic E-state index is 8.48. The van der Waals surface area contributed by atoms with Crippen LogP contribution in [-0.2, 0) is 0 Å². The van der Waals surface area contributed by atoms with Crippen LogP contribution in [0.5, 0.6) is 0 Å². The molecule has 0 heterocycles. The van der Waals surface area contributed by atoms with Gasteiger partial charge in [-0.2, -0.15) is 0 Å². The van der Waals surface area contributed by atoms with E-state index < -0.39 is 0 Å². The van der Waals surface area contributed by atoms with E-state index >= 15 is 0 Å². The molecule has 0 aromatic rings. The van der Waals surface area contributed by atoms with Crippen molar-refractivity contribution in [3.05, 3.63) is 48.1 Å². The molecular formula is C10H12N2O. The number of allylic oxidation sites excluding steroid dienone is 7. The molecule has 0 unspecified atom stereocenters. The van der Waals surface area contributed by atoms with Gasteiger partial charge in [-0.25, -0.2) is 0 Å². The van der Waals surface area contributed by atoms with Crippen molar-refractivity contribution in [3.63, 3.8) is 0 Å². The zero-order valence-corrected chi connectivity index (χ0v) is 7.22. The van der Waals surface area contributed by atoms with Crippen LogP contribution in [0.4, 0.5) is 0 Å². The summed E-state index contributed by atoms with van der Waals surface area (Å²) in [5.41, 5.74) is 6.27. The summed E-state index contributed by atoms with van der Waals surface area (Å²) in [5, 5.41) is 11.4. The number of rotatable bonds is 1. The molecule has 0 aromatic heterocycles. The molecule has 13 heavy (non-hydrogen) atoms. The molecule has 3 nitrogen and oxygen atoms in total. The fourth-order valence-corrected chi connectivity index (χ4v) is 0.960. The van der Waals surface area contributed by atoms with E-state index in [9.17, 15) is 0 Å². The molecule has 1 rings (SSSR count). The SMILES string of the molecule is NC(=N/O)/C1=C/C=C\C=C/C=C\C1. The first kappa shape index (κ1) is 9.32. The number of oxime groups is 1. The quantitative estimate of drug-likeness (QED) is 0.276. The topological polar surface area (TPSA) is 58.6 Å². The molecule has 0 saturated carbocycles. The maximum atomic E-state index is 8.48. The zero-order chi connectivity index (χ0) is 9.52. The maximum Gasteiger partial charge on any atom is 0.166 e. The van der Waals surface area contributed by atoms with Crippen LogP contribution in [0.2, 0.25) is 0 Å². The van der Waals surface area contributed by atoms with E-state index in [1.165, 1.54) is 0 Å². The van der Waals surface area contributed by atoms with Crippen LogP contribution in [0.3, 0.4) is 0 Å². The van der Waals surface area contributed by atoms with Crippen LogP contribution >= 0.6 is 0 Å². The Balaban J connectivity index is 2.85. The summed E-state index contributed by atoms with van der Waals surface area (Å²) in [6, 6.07) is 0. The largest absolute Gasteiger partial charge is 0.409 e. The Hall–Kier alpha value is -1.77. The molecule has 0 bridgehead atoms. The number of nitrogens with two attached hydrogens (primary N) is 1. The van der Waals surface area contributed by atoms with Crippen molar-refractivity contribution in [1.29, 1.82) is 0 Å². The molecule has 0 amide bonds. The minimum Gasteiger partial charge on any atom is -0.409 e. The minimum atomic E-state index is 0.163. The predicted octanol–water partition coefficient (Wildman–Crippen LogP) is 1.73. The Kier molecular flexibility index (Phi) is 3.57. The highest BCUT2D eigenvalue weighted by Crippen LogP contribution is 2.05. The summed E-state index contributed by atoms with van der Waals surface area (Å²) >= 11 is 0. The van der Waals surface area contributed by atoms with Gasteiger partial charge >= 0.3 is 0 Å². The predicted molar refractivity (Wildman–Crippen MR) is 53.5 cm³/mol. The zero-order valence-electron chi connectivity index (χ0n) is 7.22. The third-order valence-electron chi connectivity index (χ3n) is 1.65. The van der Waals surface area contributed by atoms with Gasteiger partial charge in [0.15, 0.2) is 5.84 Å². The van der Waals surface area contributed by atoms with E-state index in [1.54, 1.807) is 0 Å². The highest BCUT2D eigenvalue weighted by Gasteiger charge is 1.99. The van der Waals surface area contributed by atoms with E-state index in [-0.39, 0.29) is 5.84 Å². The van der Waals surface area contributed by atoms with E-state index in [0.717, 1.165) is 5.57 Å². The minimum absolute atomic E-state index is 0.163. The number of nitrogens with zero attached hydrogens (tertiary/aromatic N) is 1. The van der Waals surface area contributed by atoms with Gasteiger partial charge in [-0.15, -0.1) is 0 Å². The van der Waals surface area contributed by atoms with Gasteiger partial charge in [0.2, 0.25) is 0 Å². The first-order valence-electron chi connectivity index (χ1n) is 4.01. The van der Waals surface area contributed by atoms with Crippen LogP contribution in [0.15, 0.2) is 53.3 Å². The second kappa shape index (κ2) is 4.98. The summed E-state index contributed by atoms with van der Waals surface area (Å²) in [5.74, 6) is 0.163. The summed E-state index contributed by atoms with van der Waals surface area (Å²) in [7, 11) is 0. The lowest BCUT2D eigenvalue weighted by Gasteiger charge is -1.99. The van der Waals surface area contributed by atoms with E-state index in [0.29, 0.717) is 6.42 Å². The Bertz CT molecular complexity index is 309. The van der Waals surface area contributed by atoms with Gasteiger partial charge in [0.25, 0.3) is 0 Å². The number of hydrogen-bond donors (Lipinski definition) is 2. The molecular weight excluding hydrogens is 164 g/mol. The first-order valence-corrected chi connectivity index (χ1v) is 4.01. The van der Waals surface area contributed by atoms with Crippen LogP contribution in [0.25, 0.3) is 0 Å². The van der Waals surface area contributed by atoms with Crippen LogP contribution in [-0.4, -0.2) is 11.0 Å². The fraction of sp³-hybridized carbons (Fsp3) is 0.100. The van der Waals surface area contributed by atoms with Gasteiger partial charge in [-0.1, -0.05) is 47.7 Å². The Morgan fingerprint density at radius 3 is 2.69 bits per heavy atom. The smallest absolute Gasteiger partial charge is 0.166 e. The molecule has 0 spiro atoms. The Morgan fingerprint density at radius 2 is 1.92 bits per heavy atom. The van der Waals surface area contributed by atoms with Crippen LogP contribution in [0.1, 0.15) is 6.42 Å². The molecule has 68 valence electrons. The van der Waals surface area contributed by atoms with Gasteiger partial charge < -0.3 is 10.9 Å². The van der Waals surface area contributed by atoms with Crippen molar-refractivity contribution >= 4 is 5.84 Å². The van der Waals surface area contributed by atoms with E-state index in [4.69, 9.17) is 10.9 Å². The van der Waals surface area contributed by atoms with Crippen molar-refractivity contribution in [2.45, 2.75) is 6.42 Å². The molecule has 0 saturated heterocycles. The van der Waals surface area contributed by atoms with Gasteiger partial charge in [0, 0.05) is 5.57 Å². The molecule has 1 aliphatic rings. The van der Waals surface area contributed by atoms with E-state index in [2.05, 4.69) is 5.16 Å². The average molecular weight is 176 g/mol. The lowest BCUT2D eigenvalue weighted by Crippen LogP contribution is -2.14. The molecule has 0 aliphatic heterocycles. The molecule has 0 aromatic carbocycles. The monoisotopic (exact) mass is 176 g/mol. The Morgan fingerprint density at radius 1 is 1.23 bits per heavy atom. The van der Waals surface area contributed by atoms with Gasteiger partial charge in [-0.3, -0.25) is 0 Å². The summed E-state index contributed by atoms with van der Waals surface area (Å²) in [4.78, 5) is 0. The highest BCUT2D eigenvalue weighted by atomic mass is 16.4. The van der Waals surface area contributed by atoms with Gasteiger partial charge in [-0.05, 0) is 6.42 Å². The van der Waals surface area contributed by atoms with Crippen LogP contribution < -0.4 is 5.73 Å².